The minimum Gasteiger partial charge on any atom is -0.449 e. The van der Waals surface area contributed by atoms with Crippen LogP contribution in [0.2, 0.25) is 5.02 Å². The number of hydrogen-bond acceptors (Lipinski definition) is 4. The SMILES string of the molecule is C[C@@H](OC(=O)c1ccc(Cl)cc1N)C(=O)Nc1cccc(F)c1. The molecule has 0 aliphatic rings. The van der Waals surface area contributed by atoms with Crippen LogP contribution in [-0.4, -0.2) is 18.0 Å². The van der Waals surface area contributed by atoms with E-state index in [0.29, 0.717) is 5.02 Å². The molecule has 0 saturated heterocycles. The Hall–Kier alpha value is -2.60. The lowest BCUT2D eigenvalue weighted by Gasteiger charge is -2.14. The first-order valence-electron chi connectivity index (χ1n) is 6.69. The topological polar surface area (TPSA) is 81.4 Å². The van der Waals surface area contributed by atoms with E-state index in [4.69, 9.17) is 22.1 Å². The summed E-state index contributed by atoms with van der Waals surface area (Å²) in [5.74, 6) is -1.82. The lowest BCUT2D eigenvalue weighted by Crippen LogP contribution is -2.30. The van der Waals surface area contributed by atoms with Gasteiger partial charge in [-0.05, 0) is 43.3 Å². The number of esters is 1. The molecule has 0 bridgehead atoms. The molecule has 1 atom stereocenters. The number of hydrogen-bond donors (Lipinski definition) is 2. The third-order valence-electron chi connectivity index (χ3n) is 2.98. The zero-order valence-corrected chi connectivity index (χ0v) is 12.9. The smallest absolute Gasteiger partial charge is 0.341 e. The Bertz CT molecular complexity index is 752. The first-order chi connectivity index (χ1) is 10.9. The highest BCUT2D eigenvalue weighted by Crippen LogP contribution is 2.19. The number of benzene rings is 2. The molecule has 2 aromatic rings. The molecule has 0 radical (unpaired) electrons. The number of halogens is 2. The van der Waals surface area contributed by atoms with Crippen molar-refractivity contribution in [2.75, 3.05) is 11.1 Å². The Balaban J connectivity index is 2.01. The number of carbonyl (C=O) groups is 2. The van der Waals surface area contributed by atoms with Crippen molar-refractivity contribution in [3.8, 4) is 0 Å². The van der Waals surface area contributed by atoms with E-state index in [1.807, 2.05) is 0 Å². The predicted molar refractivity (Wildman–Crippen MR) is 85.8 cm³/mol. The van der Waals surface area contributed by atoms with Crippen molar-refractivity contribution >= 4 is 34.9 Å². The number of nitrogen functional groups attached to an aromatic ring is 1. The van der Waals surface area contributed by atoms with Crippen LogP contribution in [0.5, 0.6) is 0 Å². The molecule has 2 rings (SSSR count). The molecule has 0 saturated carbocycles. The zero-order valence-electron chi connectivity index (χ0n) is 12.2. The van der Waals surface area contributed by atoms with Gasteiger partial charge in [-0.2, -0.15) is 0 Å². The summed E-state index contributed by atoms with van der Waals surface area (Å²) < 4.78 is 18.1. The van der Waals surface area contributed by atoms with Crippen molar-refractivity contribution < 1.29 is 18.7 Å². The average molecular weight is 337 g/mol. The van der Waals surface area contributed by atoms with Crippen LogP contribution >= 0.6 is 11.6 Å². The molecule has 0 aromatic heterocycles. The summed E-state index contributed by atoms with van der Waals surface area (Å²) in [4.78, 5) is 24.0. The molecule has 0 heterocycles. The highest BCUT2D eigenvalue weighted by atomic mass is 35.5. The third-order valence-corrected chi connectivity index (χ3v) is 3.21. The first kappa shape index (κ1) is 16.8. The minimum absolute atomic E-state index is 0.111. The largest absolute Gasteiger partial charge is 0.449 e. The Morgan fingerprint density at radius 2 is 2.00 bits per heavy atom. The number of ether oxygens (including phenoxy) is 1. The maximum atomic E-state index is 13.1. The number of nitrogens with one attached hydrogen (secondary N) is 1. The summed E-state index contributed by atoms with van der Waals surface area (Å²) in [6, 6.07) is 9.70. The Morgan fingerprint density at radius 1 is 1.26 bits per heavy atom. The van der Waals surface area contributed by atoms with E-state index >= 15 is 0 Å². The van der Waals surface area contributed by atoms with Crippen LogP contribution < -0.4 is 11.1 Å². The van der Waals surface area contributed by atoms with Gasteiger partial charge in [0.1, 0.15) is 5.82 Å². The molecule has 120 valence electrons. The van der Waals surface area contributed by atoms with Gasteiger partial charge in [-0.1, -0.05) is 17.7 Å². The van der Waals surface area contributed by atoms with E-state index in [2.05, 4.69) is 5.32 Å². The number of amides is 1. The van der Waals surface area contributed by atoms with E-state index in [1.165, 1.54) is 43.3 Å². The fourth-order valence-electron chi connectivity index (χ4n) is 1.81. The molecular weight excluding hydrogens is 323 g/mol. The van der Waals surface area contributed by atoms with Crippen LogP contribution in [0.4, 0.5) is 15.8 Å². The van der Waals surface area contributed by atoms with Gasteiger partial charge in [0.15, 0.2) is 6.10 Å². The molecular formula is C16H14ClFN2O3. The summed E-state index contributed by atoms with van der Waals surface area (Å²) >= 11 is 5.75. The van der Waals surface area contributed by atoms with Crippen molar-refractivity contribution in [1.82, 2.24) is 0 Å². The molecule has 1 amide bonds. The highest BCUT2D eigenvalue weighted by Gasteiger charge is 2.20. The monoisotopic (exact) mass is 336 g/mol. The fraction of sp³-hybridized carbons (Fsp3) is 0.125. The van der Waals surface area contributed by atoms with Gasteiger partial charge in [-0.3, -0.25) is 4.79 Å². The molecule has 0 aliphatic carbocycles. The maximum absolute atomic E-state index is 13.1. The Labute approximate surface area is 137 Å². The molecule has 2 aromatic carbocycles. The summed E-state index contributed by atoms with van der Waals surface area (Å²) in [5, 5.41) is 2.84. The fourth-order valence-corrected chi connectivity index (χ4v) is 1.99. The lowest BCUT2D eigenvalue weighted by atomic mass is 10.2. The van der Waals surface area contributed by atoms with Crippen molar-refractivity contribution in [2.24, 2.45) is 0 Å². The van der Waals surface area contributed by atoms with E-state index < -0.39 is 23.8 Å². The second-order valence-corrected chi connectivity index (χ2v) is 5.22. The summed E-state index contributed by atoms with van der Waals surface area (Å²) in [6.45, 7) is 1.40. The molecule has 3 N–H and O–H groups in total. The van der Waals surface area contributed by atoms with Gasteiger partial charge in [0.25, 0.3) is 5.91 Å². The third kappa shape index (κ3) is 4.43. The van der Waals surface area contributed by atoms with Gasteiger partial charge >= 0.3 is 5.97 Å². The molecule has 0 fully saturated rings. The van der Waals surface area contributed by atoms with Gasteiger partial charge in [-0.15, -0.1) is 0 Å². The molecule has 5 nitrogen and oxygen atoms in total. The predicted octanol–water partition coefficient (Wildman–Crippen LogP) is 3.25. The summed E-state index contributed by atoms with van der Waals surface area (Å²) in [7, 11) is 0. The van der Waals surface area contributed by atoms with E-state index in [0.717, 1.165) is 6.07 Å². The van der Waals surface area contributed by atoms with Crippen LogP contribution in [0.1, 0.15) is 17.3 Å². The summed E-state index contributed by atoms with van der Waals surface area (Å²) in [5.41, 5.74) is 6.22. The Morgan fingerprint density at radius 3 is 2.65 bits per heavy atom. The van der Waals surface area contributed by atoms with Gasteiger partial charge < -0.3 is 15.8 Å². The standard InChI is InChI=1S/C16H14ClFN2O3/c1-9(15(21)20-12-4-2-3-11(18)8-12)23-16(22)13-6-5-10(17)7-14(13)19/h2-9H,19H2,1H3,(H,20,21)/t9-/m1/s1. The quantitative estimate of drug-likeness (QED) is 0.663. The van der Waals surface area contributed by atoms with Crippen LogP contribution in [-0.2, 0) is 9.53 Å². The second kappa shape index (κ2) is 7.11. The van der Waals surface area contributed by atoms with Crippen molar-refractivity contribution in [2.45, 2.75) is 13.0 Å². The first-order valence-corrected chi connectivity index (χ1v) is 7.07. The van der Waals surface area contributed by atoms with E-state index in [1.54, 1.807) is 0 Å². The highest BCUT2D eigenvalue weighted by molar-refractivity contribution is 6.31. The number of anilines is 2. The van der Waals surface area contributed by atoms with E-state index in [-0.39, 0.29) is 16.9 Å². The van der Waals surface area contributed by atoms with Crippen molar-refractivity contribution in [1.29, 1.82) is 0 Å². The Kier molecular flexibility index (Phi) is 5.18. The normalized spacial score (nSPS) is 11.6. The summed E-state index contributed by atoms with van der Waals surface area (Å²) in [6.07, 6.45) is -1.08. The van der Waals surface area contributed by atoms with Crippen LogP contribution in [0, 0.1) is 5.82 Å². The van der Waals surface area contributed by atoms with Gasteiger partial charge in [0, 0.05) is 16.4 Å². The molecule has 23 heavy (non-hydrogen) atoms. The molecule has 0 unspecified atom stereocenters. The second-order valence-electron chi connectivity index (χ2n) is 4.78. The van der Waals surface area contributed by atoms with Crippen LogP contribution in [0.25, 0.3) is 0 Å². The van der Waals surface area contributed by atoms with Crippen LogP contribution in [0.15, 0.2) is 42.5 Å². The number of carbonyl (C=O) groups excluding carboxylic acids is 2. The van der Waals surface area contributed by atoms with E-state index in [9.17, 15) is 14.0 Å². The number of nitrogens with two attached hydrogens (primary N) is 1. The molecule has 0 aliphatic heterocycles. The molecule has 7 heteroatoms. The van der Waals surface area contributed by atoms with Gasteiger partial charge in [-0.25, -0.2) is 9.18 Å². The zero-order chi connectivity index (χ0) is 17.0. The minimum atomic E-state index is -1.08. The van der Waals surface area contributed by atoms with Crippen LogP contribution in [0.3, 0.4) is 0 Å². The molecule has 0 spiro atoms. The van der Waals surface area contributed by atoms with Gasteiger partial charge in [0.05, 0.1) is 5.56 Å². The average Bonchev–Trinajstić information content (AvgIpc) is 2.46. The van der Waals surface area contributed by atoms with Crippen molar-refractivity contribution in [3.05, 3.63) is 58.9 Å². The van der Waals surface area contributed by atoms with Gasteiger partial charge in [0.2, 0.25) is 0 Å². The maximum Gasteiger partial charge on any atom is 0.341 e. The number of rotatable bonds is 4. The van der Waals surface area contributed by atoms with Crippen molar-refractivity contribution in [3.63, 3.8) is 0 Å². The lowest BCUT2D eigenvalue weighted by molar-refractivity contribution is -0.123.